The third kappa shape index (κ3) is 1.10. The molecule has 0 unspecified atom stereocenters. The molecule has 0 heterocycles. The van der Waals surface area contributed by atoms with Gasteiger partial charge in [-0.15, -0.1) is 0 Å². The van der Waals surface area contributed by atoms with Crippen LogP contribution in [0.5, 0.6) is 5.75 Å². The van der Waals surface area contributed by atoms with Crippen LogP contribution in [0.25, 0.3) is 0 Å². The summed E-state index contributed by atoms with van der Waals surface area (Å²) >= 11 is 0. The molecule has 0 saturated heterocycles. The van der Waals surface area contributed by atoms with Crippen molar-refractivity contribution in [1.82, 2.24) is 0 Å². The Hall–Kier alpha value is -1.02. The quantitative estimate of drug-likeness (QED) is 0.634. The molecule has 58 valence electrons. The highest BCUT2D eigenvalue weighted by molar-refractivity contribution is 5.34. The second-order valence-electron chi connectivity index (χ2n) is 3.08. The lowest BCUT2D eigenvalue weighted by atomic mass is 10.1. The predicted octanol–water partition coefficient (Wildman–Crippen LogP) is 1.37. The molecular formula is C9H10O2. The lowest BCUT2D eigenvalue weighted by Gasteiger charge is -2.06. The maximum Gasteiger partial charge on any atom is 0.115 e. The first kappa shape index (κ1) is 6.68. The highest BCUT2D eigenvalue weighted by atomic mass is 16.3. The molecule has 1 fully saturated rings. The molecule has 0 spiro atoms. The summed E-state index contributed by atoms with van der Waals surface area (Å²) in [6.45, 7) is 0. The zero-order valence-corrected chi connectivity index (χ0v) is 6.12. The normalized spacial score (nSPS) is 19.7. The van der Waals surface area contributed by atoms with E-state index in [0.29, 0.717) is 0 Å². The van der Waals surface area contributed by atoms with Gasteiger partial charge in [0.1, 0.15) is 5.75 Å². The minimum Gasteiger partial charge on any atom is -0.508 e. The van der Waals surface area contributed by atoms with Crippen LogP contribution in [-0.4, -0.2) is 10.2 Å². The van der Waals surface area contributed by atoms with Crippen LogP contribution < -0.4 is 0 Å². The fourth-order valence-corrected chi connectivity index (χ4v) is 1.20. The number of benzene rings is 1. The van der Waals surface area contributed by atoms with Gasteiger partial charge < -0.3 is 10.2 Å². The fourth-order valence-electron chi connectivity index (χ4n) is 1.20. The minimum atomic E-state index is -0.626. The van der Waals surface area contributed by atoms with E-state index in [1.165, 1.54) is 0 Å². The lowest BCUT2D eigenvalue weighted by Crippen LogP contribution is -2.02. The maximum atomic E-state index is 9.61. The van der Waals surface area contributed by atoms with E-state index in [4.69, 9.17) is 5.11 Å². The molecule has 1 aliphatic carbocycles. The maximum absolute atomic E-state index is 9.61. The van der Waals surface area contributed by atoms with Crippen molar-refractivity contribution in [1.29, 1.82) is 0 Å². The molecule has 1 saturated carbocycles. The third-order valence-corrected chi connectivity index (χ3v) is 2.11. The molecule has 1 aromatic rings. The number of hydrogen-bond acceptors (Lipinski definition) is 2. The molecule has 0 aliphatic heterocycles. The number of phenolic OH excluding ortho intramolecular Hbond substituents is 1. The van der Waals surface area contributed by atoms with Gasteiger partial charge in [0.25, 0.3) is 0 Å². The Labute approximate surface area is 65.1 Å². The molecule has 0 amide bonds. The van der Waals surface area contributed by atoms with Gasteiger partial charge in [-0.05, 0) is 30.5 Å². The van der Waals surface area contributed by atoms with Gasteiger partial charge in [0.05, 0.1) is 5.60 Å². The molecule has 1 aromatic carbocycles. The van der Waals surface area contributed by atoms with Crippen LogP contribution in [0.15, 0.2) is 24.3 Å². The van der Waals surface area contributed by atoms with Crippen molar-refractivity contribution in [3.05, 3.63) is 29.8 Å². The van der Waals surface area contributed by atoms with E-state index in [1.54, 1.807) is 18.2 Å². The van der Waals surface area contributed by atoms with Gasteiger partial charge in [0, 0.05) is 0 Å². The van der Waals surface area contributed by atoms with E-state index in [0.717, 1.165) is 18.4 Å². The van der Waals surface area contributed by atoms with Crippen molar-refractivity contribution in [2.45, 2.75) is 18.4 Å². The van der Waals surface area contributed by atoms with E-state index in [1.807, 2.05) is 6.07 Å². The summed E-state index contributed by atoms with van der Waals surface area (Å²) in [6.07, 6.45) is 1.63. The third-order valence-electron chi connectivity index (χ3n) is 2.11. The van der Waals surface area contributed by atoms with Crippen LogP contribution in [0.1, 0.15) is 18.4 Å². The van der Waals surface area contributed by atoms with Crippen molar-refractivity contribution < 1.29 is 10.2 Å². The molecule has 0 radical (unpaired) electrons. The second kappa shape index (κ2) is 1.98. The van der Waals surface area contributed by atoms with Crippen LogP contribution in [0.3, 0.4) is 0 Å². The second-order valence-corrected chi connectivity index (χ2v) is 3.08. The summed E-state index contributed by atoms with van der Waals surface area (Å²) in [5.41, 5.74) is 0.205. The van der Waals surface area contributed by atoms with Crippen molar-refractivity contribution in [2.24, 2.45) is 0 Å². The zero-order chi connectivity index (χ0) is 7.90. The van der Waals surface area contributed by atoms with Crippen molar-refractivity contribution in [3.63, 3.8) is 0 Å². The summed E-state index contributed by atoms with van der Waals surface area (Å²) in [5.74, 6) is 0.225. The first-order valence-electron chi connectivity index (χ1n) is 3.73. The molecule has 11 heavy (non-hydrogen) atoms. The zero-order valence-electron chi connectivity index (χ0n) is 6.12. The number of phenols is 1. The Balaban J connectivity index is 2.38. The Morgan fingerprint density at radius 3 is 2.55 bits per heavy atom. The summed E-state index contributed by atoms with van der Waals surface area (Å²) < 4.78 is 0. The van der Waals surface area contributed by atoms with Gasteiger partial charge in [-0.1, -0.05) is 12.1 Å². The van der Waals surface area contributed by atoms with Crippen LogP contribution in [0.2, 0.25) is 0 Å². The molecule has 2 nitrogen and oxygen atoms in total. The molecule has 0 atom stereocenters. The molecule has 2 rings (SSSR count). The predicted molar refractivity (Wildman–Crippen MR) is 41.2 cm³/mol. The molecule has 2 heteroatoms. The number of rotatable bonds is 1. The number of aliphatic hydroxyl groups is 1. The Morgan fingerprint density at radius 2 is 2.00 bits per heavy atom. The summed E-state index contributed by atoms with van der Waals surface area (Å²) in [5, 5.41) is 18.7. The standard InChI is InChI=1S/C9H10O2/c10-8-3-1-2-7(6-8)9(11)4-5-9/h1-3,6,10-11H,4-5H2. The van der Waals surface area contributed by atoms with Gasteiger partial charge in [-0.2, -0.15) is 0 Å². The van der Waals surface area contributed by atoms with Gasteiger partial charge in [0.2, 0.25) is 0 Å². The number of aromatic hydroxyl groups is 1. The molecule has 2 N–H and O–H groups in total. The van der Waals surface area contributed by atoms with Crippen molar-refractivity contribution in [3.8, 4) is 5.75 Å². The first-order valence-corrected chi connectivity index (χ1v) is 3.73. The summed E-state index contributed by atoms with van der Waals surface area (Å²) in [7, 11) is 0. The Morgan fingerprint density at radius 1 is 1.27 bits per heavy atom. The smallest absolute Gasteiger partial charge is 0.115 e. The SMILES string of the molecule is Oc1cccc(C2(O)CC2)c1. The lowest BCUT2D eigenvalue weighted by molar-refractivity contribution is 0.151. The molecule has 0 aromatic heterocycles. The van der Waals surface area contributed by atoms with Gasteiger partial charge >= 0.3 is 0 Å². The first-order chi connectivity index (χ1) is 5.21. The summed E-state index contributed by atoms with van der Waals surface area (Å²) in [4.78, 5) is 0. The van der Waals surface area contributed by atoms with Gasteiger partial charge in [-0.3, -0.25) is 0 Å². The van der Waals surface area contributed by atoms with Gasteiger partial charge in [-0.25, -0.2) is 0 Å². The van der Waals surface area contributed by atoms with Crippen molar-refractivity contribution in [2.75, 3.05) is 0 Å². The fraction of sp³-hybridized carbons (Fsp3) is 0.333. The monoisotopic (exact) mass is 150 g/mol. The molecule has 1 aliphatic rings. The van der Waals surface area contributed by atoms with Gasteiger partial charge in [0.15, 0.2) is 0 Å². The van der Waals surface area contributed by atoms with Crippen LogP contribution in [0.4, 0.5) is 0 Å². The highest BCUT2D eigenvalue weighted by Gasteiger charge is 2.42. The highest BCUT2D eigenvalue weighted by Crippen LogP contribution is 2.45. The minimum absolute atomic E-state index is 0.225. The average molecular weight is 150 g/mol. The largest absolute Gasteiger partial charge is 0.508 e. The van der Waals surface area contributed by atoms with E-state index >= 15 is 0 Å². The topological polar surface area (TPSA) is 40.5 Å². The van der Waals surface area contributed by atoms with E-state index in [9.17, 15) is 5.11 Å². The van der Waals surface area contributed by atoms with E-state index in [2.05, 4.69) is 0 Å². The van der Waals surface area contributed by atoms with Crippen molar-refractivity contribution >= 4 is 0 Å². The van der Waals surface area contributed by atoms with Crippen LogP contribution >= 0.6 is 0 Å². The Bertz CT molecular complexity index is 277. The van der Waals surface area contributed by atoms with Crippen LogP contribution in [-0.2, 0) is 5.60 Å². The molecular weight excluding hydrogens is 140 g/mol. The summed E-state index contributed by atoms with van der Waals surface area (Å²) in [6, 6.07) is 6.82. The van der Waals surface area contributed by atoms with E-state index in [-0.39, 0.29) is 5.75 Å². The van der Waals surface area contributed by atoms with E-state index < -0.39 is 5.60 Å². The number of hydrogen-bond donors (Lipinski definition) is 2. The van der Waals surface area contributed by atoms with Crippen LogP contribution in [0, 0.1) is 0 Å². The molecule has 0 bridgehead atoms. The average Bonchev–Trinajstić information content (AvgIpc) is 2.70. The Kier molecular flexibility index (Phi) is 1.20.